The fourth-order valence-electron chi connectivity index (χ4n) is 4.52. The molecule has 2 bridgehead atoms. The van der Waals surface area contributed by atoms with Crippen LogP contribution in [0.4, 0.5) is 31.1 Å². The van der Waals surface area contributed by atoms with Crippen LogP contribution in [-0.2, 0) is 14.2 Å². The van der Waals surface area contributed by atoms with Gasteiger partial charge >= 0.3 is 24.1 Å². The first-order valence-corrected chi connectivity index (χ1v) is 9.61. The molecular weight excluding hydrogens is 406 g/mol. The predicted molar refractivity (Wildman–Crippen MR) is 91.0 cm³/mol. The molecule has 0 saturated heterocycles. The van der Waals surface area contributed by atoms with E-state index in [4.69, 9.17) is 4.74 Å². The number of ether oxygens (including phenoxy) is 3. The summed E-state index contributed by atoms with van der Waals surface area (Å²) in [4.78, 5) is 11.7. The summed E-state index contributed by atoms with van der Waals surface area (Å²) in [5, 5.41) is 0. The minimum absolute atomic E-state index is 0.105. The highest BCUT2D eigenvalue weighted by Gasteiger charge is 2.75. The summed E-state index contributed by atoms with van der Waals surface area (Å²) >= 11 is 0. The summed E-state index contributed by atoms with van der Waals surface area (Å²) in [7, 11) is 0. The number of hydrogen-bond donors (Lipinski definition) is 0. The number of carbonyl (C=O) groups excluding carboxylic acids is 1. The molecule has 0 amide bonds. The zero-order chi connectivity index (χ0) is 22.4. The summed E-state index contributed by atoms with van der Waals surface area (Å²) in [6.07, 6.45) is -12.3. The lowest BCUT2D eigenvalue weighted by Gasteiger charge is -2.37. The van der Waals surface area contributed by atoms with Crippen molar-refractivity contribution in [3.8, 4) is 0 Å². The average molecular weight is 434 g/mol. The van der Waals surface area contributed by atoms with Gasteiger partial charge in [0, 0.05) is 6.61 Å². The van der Waals surface area contributed by atoms with E-state index in [1.165, 1.54) is 20.8 Å². The van der Waals surface area contributed by atoms with Crippen LogP contribution in [0.5, 0.6) is 0 Å². The van der Waals surface area contributed by atoms with E-state index in [-0.39, 0.29) is 18.4 Å². The van der Waals surface area contributed by atoms with Crippen molar-refractivity contribution < 1.29 is 45.3 Å². The first kappa shape index (κ1) is 24.1. The maximum Gasteiger partial charge on any atom is 0.510 e. The van der Waals surface area contributed by atoms with Gasteiger partial charge in [-0.1, -0.05) is 13.8 Å². The molecule has 2 aliphatic rings. The van der Waals surface area contributed by atoms with E-state index in [0.717, 1.165) is 6.42 Å². The van der Waals surface area contributed by atoms with Gasteiger partial charge in [-0.2, -0.15) is 26.3 Å². The van der Waals surface area contributed by atoms with Gasteiger partial charge < -0.3 is 14.2 Å². The first-order valence-electron chi connectivity index (χ1n) is 9.61. The number of halogens is 6. The highest BCUT2D eigenvalue weighted by Crippen LogP contribution is 2.55. The van der Waals surface area contributed by atoms with Crippen molar-refractivity contribution in [2.75, 3.05) is 13.2 Å². The predicted octanol–water partition coefficient (Wildman–Crippen LogP) is 5.75. The second kappa shape index (κ2) is 7.81. The third kappa shape index (κ3) is 4.94. The van der Waals surface area contributed by atoms with Gasteiger partial charge in [0.1, 0.15) is 12.2 Å². The molecule has 0 aromatic heterocycles. The van der Waals surface area contributed by atoms with Crippen LogP contribution in [0.25, 0.3) is 0 Å². The van der Waals surface area contributed by atoms with Gasteiger partial charge in [-0.15, -0.1) is 0 Å². The molecule has 2 saturated carbocycles. The van der Waals surface area contributed by atoms with Crippen molar-refractivity contribution >= 4 is 6.16 Å². The Morgan fingerprint density at radius 1 is 0.897 bits per heavy atom. The Bertz CT molecular complexity index is 579. The van der Waals surface area contributed by atoms with E-state index in [9.17, 15) is 31.1 Å². The molecule has 2 fully saturated rings. The molecule has 0 aromatic carbocycles. The van der Waals surface area contributed by atoms with Crippen molar-refractivity contribution in [3.05, 3.63) is 0 Å². The van der Waals surface area contributed by atoms with Crippen LogP contribution in [0.1, 0.15) is 47.5 Å². The molecule has 0 spiro atoms. The Kier molecular flexibility index (Phi) is 6.49. The van der Waals surface area contributed by atoms with Gasteiger partial charge in [0.05, 0.1) is 0 Å². The highest BCUT2D eigenvalue weighted by atomic mass is 19.4. The molecule has 0 aromatic rings. The molecular formula is C19H28F6O4. The van der Waals surface area contributed by atoms with E-state index < -0.39 is 36.3 Å². The smallest absolute Gasteiger partial charge is 0.429 e. The number of fused-ring (bicyclic) bond motifs is 2. The number of rotatable bonds is 5. The highest BCUT2D eigenvalue weighted by molar-refractivity contribution is 5.61. The van der Waals surface area contributed by atoms with E-state index in [2.05, 4.69) is 16.4 Å². The summed E-state index contributed by atoms with van der Waals surface area (Å²) in [5.41, 5.74) is -6.12. The molecule has 5 atom stereocenters. The molecule has 4 nitrogen and oxygen atoms in total. The van der Waals surface area contributed by atoms with Crippen LogP contribution < -0.4 is 0 Å². The standard InChI is InChI=1S/C19H28F6O4/c1-10-11(2)14-7-12(10)6-13(14)8-27-9-17(18(20,21)22,19(23,24)25)29-15(26)28-16(3,4)5/h10-14H,6-9H2,1-5H3. The van der Waals surface area contributed by atoms with E-state index in [1.54, 1.807) is 0 Å². The Labute approximate surface area is 166 Å². The van der Waals surface area contributed by atoms with Crippen LogP contribution in [0, 0.1) is 29.6 Å². The second-order valence-corrected chi connectivity index (χ2v) is 9.28. The Hall–Kier alpha value is -1.19. The normalized spacial score (nSPS) is 30.5. The van der Waals surface area contributed by atoms with Crippen molar-refractivity contribution in [3.63, 3.8) is 0 Å². The maximum atomic E-state index is 13.5. The molecule has 0 aliphatic heterocycles. The minimum atomic E-state index is -5.93. The van der Waals surface area contributed by atoms with Gasteiger partial charge in [0.2, 0.25) is 0 Å². The van der Waals surface area contributed by atoms with Gasteiger partial charge in [-0.3, -0.25) is 0 Å². The largest absolute Gasteiger partial charge is 0.510 e. The monoisotopic (exact) mass is 434 g/mol. The molecule has 29 heavy (non-hydrogen) atoms. The van der Waals surface area contributed by atoms with E-state index in [1.807, 2.05) is 6.92 Å². The van der Waals surface area contributed by atoms with E-state index >= 15 is 0 Å². The van der Waals surface area contributed by atoms with Crippen LogP contribution in [0.3, 0.4) is 0 Å². The molecule has 10 heteroatoms. The molecule has 0 radical (unpaired) electrons. The first-order chi connectivity index (χ1) is 13.0. The van der Waals surface area contributed by atoms with Crippen molar-refractivity contribution in [2.45, 2.75) is 71.0 Å². The van der Waals surface area contributed by atoms with E-state index in [0.29, 0.717) is 24.2 Å². The zero-order valence-corrected chi connectivity index (χ0v) is 17.1. The van der Waals surface area contributed by atoms with Gasteiger partial charge in [0.15, 0.2) is 0 Å². The Morgan fingerprint density at radius 3 is 1.86 bits per heavy atom. The number of hydrogen-bond acceptors (Lipinski definition) is 4. The average Bonchev–Trinajstić information content (AvgIpc) is 3.02. The van der Waals surface area contributed by atoms with Gasteiger partial charge in [-0.25, -0.2) is 4.79 Å². The van der Waals surface area contributed by atoms with Crippen molar-refractivity contribution in [2.24, 2.45) is 29.6 Å². The fraction of sp³-hybridized carbons (Fsp3) is 0.947. The van der Waals surface area contributed by atoms with Crippen LogP contribution in [0.15, 0.2) is 0 Å². The molecule has 5 unspecified atom stereocenters. The zero-order valence-electron chi connectivity index (χ0n) is 17.1. The Balaban J connectivity index is 2.12. The van der Waals surface area contributed by atoms with Crippen LogP contribution in [-0.4, -0.2) is 42.9 Å². The second-order valence-electron chi connectivity index (χ2n) is 9.28. The lowest BCUT2D eigenvalue weighted by molar-refractivity contribution is -0.379. The molecule has 0 heterocycles. The van der Waals surface area contributed by atoms with Gasteiger partial charge in [-0.05, 0) is 63.2 Å². The topological polar surface area (TPSA) is 44.8 Å². The SMILES string of the molecule is CC1C2CC(COCC(OC(=O)OC(C)(C)C)(C(F)(F)F)C(F)(F)F)C(C2)C1C. The van der Waals surface area contributed by atoms with Gasteiger partial charge in [0.25, 0.3) is 0 Å². The fourth-order valence-corrected chi connectivity index (χ4v) is 4.52. The van der Waals surface area contributed by atoms with Crippen LogP contribution in [0.2, 0.25) is 0 Å². The minimum Gasteiger partial charge on any atom is -0.429 e. The third-order valence-electron chi connectivity index (χ3n) is 6.23. The quantitative estimate of drug-likeness (QED) is 0.409. The summed E-state index contributed by atoms with van der Waals surface area (Å²) in [6.45, 7) is 5.93. The summed E-state index contributed by atoms with van der Waals surface area (Å²) in [5.74, 6) is 1.35. The Morgan fingerprint density at radius 2 is 1.45 bits per heavy atom. The summed E-state index contributed by atoms with van der Waals surface area (Å²) in [6, 6.07) is 0. The van der Waals surface area contributed by atoms with Crippen molar-refractivity contribution in [1.82, 2.24) is 0 Å². The number of carbonyl (C=O) groups is 1. The molecule has 2 aliphatic carbocycles. The number of alkyl halides is 6. The lowest BCUT2D eigenvalue weighted by atomic mass is 9.76. The maximum absolute atomic E-state index is 13.5. The molecule has 0 N–H and O–H groups in total. The lowest BCUT2D eigenvalue weighted by Crippen LogP contribution is -2.63. The van der Waals surface area contributed by atoms with Crippen LogP contribution >= 0.6 is 0 Å². The summed E-state index contributed by atoms with van der Waals surface area (Å²) < 4.78 is 94.3. The molecule has 2 rings (SSSR count). The third-order valence-corrected chi connectivity index (χ3v) is 6.23. The van der Waals surface area contributed by atoms with Crippen molar-refractivity contribution in [1.29, 1.82) is 0 Å². The molecule has 170 valence electrons.